The largest absolute Gasteiger partial charge is 0.506 e. The molecule has 0 spiro atoms. The summed E-state index contributed by atoms with van der Waals surface area (Å²) in [6.07, 6.45) is 0. The smallest absolute Gasteiger partial charge is 0.138 e. The second kappa shape index (κ2) is 4.97. The molecule has 1 aromatic rings. The van der Waals surface area contributed by atoms with E-state index in [4.69, 9.17) is 5.73 Å². The highest BCUT2D eigenvalue weighted by Gasteiger charge is 2.16. The lowest BCUT2D eigenvalue weighted by Gasteiger charge is -2.30. The number of rotatable bonds is 2. The van der Waals surface area contributed by atoms with Crippen molar-refractivity contribution in [2.24, 2.45) is 0 Å². The molecule has 0 aliphatic carbocycles. The first-order valence-corrected chi connectivity index (χ1v) is 6.61. The van der Waals surface area contributed by atoms with Crippen molar-refractivity contribution >= 4 is 17.4 Å². The molecule has 1 saturated heterocycles. The maximum atomic E-state index is 9.35. The summed E-state index contributed by atoms with van der Waals surface area (Å²) in [5.41, 5.74) is 7.33. The molecule has 1 heterocycles. The van der Waals surface area contributed by atoms with Crippen molar-refractivity contribution in [3.63, 3.8) is 0 Å². The van der Waals surface area contributed by atoms with Gasteiger partial charge in [-0.15, -0.1) is 0 Å². The minimum Gasteiger partial charge on any atom is -0.506 e. The van der Waals surface area contributed by atoms with Gasteiger partial charge in [0.2, 0.25) is 0 Å². The van der Waals surface area contributed by atoms with E-state index < -0.39 is 0 Å². The van der Waals surface area contributed by atoms with Gasteiger partial charge < -0.3 is 10.8 Å². The number of anilines is 1. The molecule has 4 heteroatoms. The third-order valence-corrected chi connectivity index (χ3v) is 3.96. The molecule has 2 rings (SSSR count). The zero-order chi connectivity index (χ0) is 11.5. The summed E-state index contributed by atoms with van der Waals surface area (Å²) < 4.78 is 0. The number of nitrogens with two attached hydrogens (primary N) is 1. The Morgan fingerprint density at radius 2 is 2.38 bits per heavy atom. The first kappa shape index (κ1) is 11.6. The summed E-state index contributed by atoms with van der Waals surface area (Å²) in [5, 5.41) is 10.1. The molecule has 1 fully saturated rings. The van der Waals surface area contributed by atoms with E-state index in [0.29, 0.717) is 10.9 Å². The number of phenols is 1. The number of phenolic OH excluding ortho intramolecular Hbond substituents is 1. The third-order valence-electron chi connectivity index (χ3n) is 2.82. The Bertz CT molecular complexity index is 370. The van der Waals surface area contributed by atoms with Crippen LogP contribution in [0.15, 0.2) is 18.2 Å². The van der Waals surface area contributed by atoms with Gasteiger partial charge in [0.15, 0.2) is 0 Å². The summed E-state index contributed by atoms with van der Waals surface area (Å²) in [7, 11) is 0. The lowest BCUT2D eigenvalue weighted by atomic mass is 10.1. The summed E-state index contributed by atoms with van der Waals surface area (Å²) >= 11 is 2.03. The van der Waals surface area contributed by atoms with Crippen molar-refractivity contribution in [2.45, 2.75) is 18.7 Å². The molecule has 1 aliphatic rings. The van der Waals surface area contributed by atoms with Crippen molar-refractivity contribution in [1.29, 1.82) is 0 Å². The maximum absolute atomic E-state index is 9.35. The third kappa shape index (κ3) is 2.83. The molecule has 1 unspecified atom stereocenters. The molecular weight excluding hydrogens is 220 g/mol. The van der Waals surface area contributed by atoms with Gasteiger partial charge in [-0.05, 0) is 17.7 Å². The number of aromatic hydroxyl groups is 1. The Kier molecular flexibility index (Phi) is 3.61. The predicted molar refractivity (Wildman–Crippen MR) is 69.7 cm³/mol. The summed E-state index contributed by atoms with van der Waals surface area (Å²) in [4.78, 5) is 2.44. The molecule has 88 valence electrons. The number of benzene rings is 1. The lowest BCUT2D eigenvalue weighted by Crippen LogP contribution is -2.36. The molecular formula is C12H18N2OS. The predicted octanol–water partition coefficient (Wildman–Crippen LogP) is 1.91. The summed E-state index contributed by atoms with van der Waals surface area (Å²) in [5.74, 6) is 1.38. The van der Waals surface area contributed by atoms with Crippen LogP contribution in [0.1, 0.15) is 12.5 Å². The van der Waals surface area contributed by atoms with Crippen LogP contribution in [0.2, 0.25) is 0 Å². The molecule has 3 N–H and O–H groups in total. The Labute approximate surface area is 101 Å². The van der Waals surface area contributed by atoms with E-state index in [1.165, 1.54) is 11.3 Å². The average molecular weight is 238 g/mol. The monoisotopic (exact) mass is 238 g/mol. The van der Waals surface area contributed by atoms with E-state index in [9.17, 15) is 5.11 Å². The highest BCUT2D eigenvalue weighted by molar-refractivity contribution is 7.99. The van der Waals surface area contributed by atoms with Crippen LogP contribution in [-0.2, 0) is 6.54 Å². The molecule has 1 atom stereocenters. The Morgan fingerprint density at radius 1 is 1.56 bits per heavy atom. The van der Waals surface area contributed by atoms with Crippen LogP contribution in [0.25, 0.3) is 0 Å². The van der Waals surface area contributed by atoms with Crippen LogP contribution in [0.5, 0.6) is 5.75 Å². The van der Waals surface area contributed by atoms with Gasteiger partial charge in [-0.25, -0.2) is 0 Å². The highest BCUT2D eigenvalue weighted by atomic mass is 32.2. The van der Waals surface area contributed by atoms with Crippen molar-refractivity contribution in [3.05, 3.63) is 23.8 Å². The number of nitrogens with zero attached hydrogens (tertiary/aromatic N) is 1. The number of thioether (sulfide) groups is 1. The highest BCUT2D eigenvalue weighted by Crippen LogP contribution is 2.23. The van der Waals surface area contributed by atoms with Crippen LogP contribution < -0.4 is 5.73 Å². The second-order valence-corrected chi connectivity index (χ2v) is 5.86. The zero-order valence-electron chi connectivity index (χ0n) is 9.52. The van der Waals surface area contributed by atoms with Gasteiger partial charge in [-0.3, -0.25) is 4.90 Å². The standard InChI is InChI=1S/C12H18N2OS/c1-9-7-14(4-5-16-9)8-10-2-3-12(15)11(13)6-10/h2-3,6,9,15H,4-5,7-8,13H2,1H3. The van der Waals surface area contributed by atoms with E-state index in [-0.39, 0.29) is 5.75 Å². The van der Waals surface area contributed by atoms with Crippen molar-refractivity contribution in [3.8, 4) is 5.75 Å². The van der Waals surface area contributed by atoms with Crippen LogP contribution in [-0.4, -0.2) is 34.1 Å². The molecule has 0 aromatic heterocycles. The van der Waals surface area contributed by atoms with Gasteiger partial charge in [-0.2, -0.15) is 11.8 Å². The molecule has 0 saturated carbocycles. The summed E-state index contributed by atoms with van der Waals surface area (Å²) in [6, 6.07) is 5.48. The van der Waals surface area contributed by atoms with Crippen LogP contribution in [0.3, 0.4) is 0 Å². The quantitative estimate of drug-likeness (QED) is 0.610. The summed E-state index contributed by atoms with van der Waals surface area (Å²) in [6.45, 7) is 5.46. The van der Waals surface area contributed by atoms with Gasteiger partial charge in [0.1, 0.15) is 5.75 Å². The van der Waals surface area contributed by atoms with E-state index in [1.807, 2.05) is 23.9 Å². The van der Waals surface area contributed by atoms with E-state index in [0.717, 1.165) is 19.6 Å². The number of hydrogen-bond acceptors (Lipinski definition) is 4. The maximum Gasteiger partial charge on any atom is 0.138 e. The van der Waals surface area contributed by atoms with E-state index in [2.05, 4.69) is 11.8 Å². The van der Waals surface area contributed by atoms with Gasteiger partial charge in [0, 0.05) is 30.6 Å². The Morgan fingerprint density at radius 3 is 3.06 bits per heavy atom. The molecule has 1 aliphatic heterocycles. The van der Waals surface area contributed by atoms with Gasteiger partial charge >= 0.3 is 0 Å². The Hall–Kier alpha value is -0.870. The fourth-order valence-electron chi connectivity index (χ4n) is 1.99. The van der Waals surface area contributed by atoms with E-state index >= 15 is 0 Å². The fourth-order valence-corrected chi connectivity index (χ4v) is 3.08. The van der Waals surface area contributed by atoms with Crippen molar-refractivity contribution < 1.29 is 5.11 Å². The van der Waals surface area contributed by atoms with Crippen molar-refractivity contribution in [2.75, 3.05) is 24.6 Å². The lowest BCUT2D eigenvalue weighted by molar-refractivity contribution is 0.278. The Balaban J connectivity index is 2.00. The number of nitrogen functional groups attached to an aromatic ring is 1. The fraction of sp³-hybridized carbons (Fsp3) is 0.500. The zero-order valence-corrected chi connectivity index (χ0v) is 10.3. The van der Waals surface area contributed by atoms with Crippen molar-refractivity contribution in [1.82, 2.24) is 4.90 Å². The molecule has 0 radical (unpaired) electrons. The minimum atomic E-state index is 0.173. The van der Waals surface area contributed by atoms with Crippen LogP contribution >= 0.6 is 11.8 Å². The van der Waals surface area contributed by atoms with Gasteiger partial charge in [0.05, 0.1) is 5.69 Å². The average Bonchev–Trinajstić information content (AvgIpc) is 2.24. The molecule has 0 bridgehead atoms. The first-order valence-electron chi connectivity index (χ1n) is 5.56. The van der Waals surface area contributed by atoms with Gasteiger partial charge in [-0.1, -0.05) is 13.0 Å². The van der Waals surface area contributed by atoms with Crippen LogP contribution in [0, 0.1) is 0 Å². The number of hydrogen-bond donors (Lipinski definition) is 2. The topological polar surface area (TPSA) is 49.5 Å². The second-order valence-electron chi connectivity index (χ2n) is 4.31. The molecule has 3 nitrogen and oxygen atoms in total. The normalized spacial score (nSPS) is 22.2. The SMILES string of the molecule is CC1CN(Cc2ccc(O)c(N)c2)CCS1. The molecule has 0 amide bonds. The minimum absolute atomic E-state index is 0.173. The van der Waals surface area contributed by atoms with E-state index in [1.54, 1.807) is 6.07 Å². The molecule has 16 heavy (non-hydrogen) atoms. The first-order chi connectivity index (χ1) is 7.65. The van der Waals surface area contributed by atoms with Crippen LogP contribution in [0.4, 0.5) is 5.69 Å². The molecule has 1 aromatic carbocycles. The van der Waals surface area contributed by atoms with Gasteiger partial charge in [0.25, 0.3) is 0 Å².